The van der Waals surface area contributed by atoms with E-state index in [2.05, 4.69) is 15.0 Å². The predicted molar refractivity (Wildman–Crippen MR) is 79.5 cm³/mol. The summed E-state index contributed by atoms with van der Waals surface area (Å²) in [5.74, 6) is -0.952. The van der Waals surface area contributed by atoms with Crippen LogP contribution in [0, 0.1) is 6.92 Å². The third-order valence-corrected chi connectivity index (χ3v) is 3.38. The van der Waals surface area contributed by atoms with Gasteiger partial charge in [-0.1, -0.05) is 29.8 Å². The second kappa shape index (κ2) is 5.10. The van der Waals surface area contributed by atoms with Gasteiger partial charge in [-0.15, -0.1) is 0 Å². The van der Waals surface area contributed by atoms with Gasteiger partial charge in [0.15, 0.2) is 11.5 Å². The summed E-state index contributed by atoms with van der Waals surface area (Å²) in [7, 11) is 0. The third kappa shape index (κ3) is 2.43. The Morgan fingerprint density at radius 1 is 1.24 bits per heavy atom. The zero-order chi connectivity index (χ0) is 15.0. The van der Waals surface area contributed by atoms with Crippen molar-refractivity contribution >= 4 is 28.5 Å². The number of rotatable bonds is 2. The van der Waals surface area contributed by atoms with E-state index in [1.54, 1.807) is 0 Å². The first-order valence-electron chi connectivity index (χ1n) is 6.19. The normalized spacial score (nSPS) is 10.8. The van der Waals surface area contributed by atoms with Crippen LogP contribution in [0.1, 0.15) is 16.1 Å². The molecule has 6 heteroatoms. The number of fused-ring (bicyclic) bond motifs is 1. The number of pyridine rings is 1. The van der Waals surface area contributed by atoms with Gasteiger partial charge in [-0.05, 0) is 24.6 Å². The summed E-state index contributed by atoms with van der Waals surface area (Å²) in [5.41, 5.74) is 2.12. The number of aryl methyl sites for hydroxylation is 1. The largest absolute Gasteiger partial charge is 0.476 e. The second-order valence-corrected chi connectivity index (χ2v) is 4.94. The van der Waals surface area contributed by atoms with E-state index in [1.165, 1.54) is 6.20 Å². The van der Waals surface area contributed by atoms with Gasteiger partial charge in [0.1, 0.15) is 5.69 Å². The van der Waals surface area contributed by atoms with E-state index in [1.807, 2.05) is 37.3 Å². The Morgan fingerprint density at radius 3 is 2.76 bits per heavy atom. The van der Waals surface area contributed by atoms with Crippen molar-refractivity contribution in [1.29, 1.82) is 0 Å². The first-order valence-corrected chi connectivity index (χ1v) is 6.56. The lowest BCUT2D eigenvalue weighted by atomic mass is 10.1. The first kappa shape index (κ1) is 13.5. The van der Waals surface area contributed by atoms with Crippen LogP contribution in [-0.2, 0) is 0 Å². The van der Waals surface area contributed by atoms with Gasteiger partial charge in [-0.2, -0.15) is 0 Å². The van der Waals surface area contributed by atoms with Crippen molar-refractivity contribution in [3.8, 4) is 11.5 Å². The van der Waals surface area contributed by atoms with E-state index in [0.717, 1.165) is 16.5 Å². The second-order valence-electron chi connectivity index (χ2n) is 4.54. The number of nitrogens with zero attached hydrogens (tertiary/aromatic N) is 3. The van der Waals surface area contributed by atoms with Gasteiger partial charge in [0.2, 0.25) is 0 Å². The van der Waals surface area contributed by atoms with Gasteiger partial charge in [-0.3, -0.25) is 0 Å². The quantitative estimate of drug-likeness (QED) is 0.785. The standard InChI is InChI=1S/C15H10ClN3O2/c1-8-6-12(18-11-5-3-2-4-9(8)11)14-17-7-10(16)13(19-14)15(20)21/h2-7H,1H3,(H,20,21). The number of hydrogen-bond donors (Lipinski definition) is 1. The van der Waals surface area contributed by atoms with E-state index < -0.39 is 5.97 Å². The summed E-state index contributed by atoms with van der Waals surface area (Å²) >= 11 is 5.78. The molecule has 2 aromatic heterocycles. The van der Waals surface area contributed by atoms with E-state index in [9.17, 15) is 4.79 Å². The van der Waals surface area contributed by atoms with Crippen LogP contribution in [0.5, 0.6) is 0 Å². The fourth-order valence-electron chi connectivity index (χ4n) is 2.10. The first-order chi connectivity index (χ1) is 10.1. The van der Waals surface area contributed by atoms with Gasteiger partial charge in [-0.25, -0.2) is 19.7 Å². The molecule has 0 saturated carbocycles. The maximum absolute atomic E-state index is 11.1. The van der Waals surface area contributed by atoms with Crippen LogP contribution >= 0.6 is 11.6 Å². The molecule has 104 valence electrons. The van der Waals surface area contributed by atoms with Crippen molar-refractivity contribution in [2.75, 3.05) is 0 Å². The van der Waals surface area contributed by atoms with Crippen LogP contribution < -0.4 is 0 Å². The molecule has 0 aliphatic carbocycles. The van der Waals surface area contributed by atoms with Crippen LogP contribution in [0.2, 0.25) is 5.02 Å². The zero-order valence-electron chi connectivity index (χ0n) is 11.0. The molecule has 0 spiro atoms. The van der Waals surface area contributed by atoms with Crippen molar-refractivity contribution in [2.24, 2.45) is 0 Å². The number of benzene rings is 1. The highest BCUT2D eigenvalue weighted by atomic mass is 35.5. The summed E-state index contributed by atoms with van der Waals surface area (Å²) in [6.45, 7) is 1.96. The third-order valence-electron chi connectivity index (χ3n) is 3.10. The molecule has 5 nitrogen and oxygen atoms in total. The highest BCUT2D eigenvalue weighted by molar-refractivity contribution is 6.33. The molecule has 3 rings (SSSR count). The molecule has 0 amide bonds. The summed E-state index contributed by atoms with van der Waals surface area (Å²) in [6, 6.07) is 9.53. The Hall–Kier alpha value is -2.53. The molecule has 0 aliphatic rings. The lowest BCUT2D eigenvalue weighted by Gasteiger charge is -2.06. The number of halogens is 1. The predicted octanol–water partition coefficient (Wildman–Crippen LogP) is 3.35. The van der Waals surface area contributed by atoms with Crippen LogP contribution in [0.15, 0.2) is 36.5 Å². The Balaban J connectivity index is 2.21. The Bertz CT molecular complexity index is 865. The number of aromatic carboxylic acids is 1. The minimum atomic E-state index is -1.19. The van der Waals surface area contributed by atoms with Gasteiger partial charge in [0.05, 0.1) is 16.7 Å². The molecule has 2 heterocycles. The summed E-state index contributed by atoms with van der Waals surface area (Å²) < 4.78 is 0. The monoisotopic (exact) mass is 299 g/mol. The average Bonchev–Trinajstić information content (AvgIpc) is 2.47. The van der Waals surface area contributed by atoms with Crippen LogP contribution in [0.4, 0.5) is 0 Å². The molecular formula is C15H10ClN3O2. The highest BCUT2D eigenvalue weighted by Gasteiger charge is 2.15. The van der Waals surface area contributed by atoms with Gasteiger partial charge in [0, 0.05) is 5.39 Å². The van der Waals surface area contributed by atoms with Crippen molar-refractivity contribution in [3.05, 3.63) is 52.8 Å². The maximum Gasteiger partial charge on any atom is 0.356 e. The van der Waals surface area contributed by atoms with Crippen LogP contribution in [0.3, 0.4) is 0 Å². The Labute approximate surface area is 125 Å². The van der Waals surface area contributed by atoms with Crippen molar-refractivity contribution in [1.82, 2.24) is 15.0 Å². The fraction of sp³-hybridized carbons (Fsp3) is 0.0667. The fourth-order valence-corrected chi connectivity index (χ4v) is 2.28. The van der Waals surface area contributed by atoms with Crippen molar-refractivity contribution in [2.45, 2.75) is 6.92 Å². The molecule has 0 saturated heterocycles. The molecule has 21 heavy (non-hydrogen) atoms. The van der Waals surface area contributed by atoms with Gasteiger partial charge < -0.3 is 5.11 Å². The molecule has 0 atom stereocenters. The van der Waals surface area contributed by atoms with Gasteiger partial charge >= 0.3 is 5.97 Å². The lowest BCUT2D eigenvalue weighted by Crippen LogP contribution is -2.04. The lowest BCUT2D eigenvalue weighted by molar-refractivity contribution is 0.0690. The van der Waals surface area contributed by atoms with Crippen LogP contribution in [-0.4, -0.2) is 26.0 Å². The highest BCUT2D eigenvalue weighted by Crippen LogP contribution is 2.23. The molecular weight excluding hydrogens is 290 g/mol. The molecule has 0 bridgehead atoms. The van der Waals surface area contributed by atoms with Gasteiger partial charge in [0.25, 0.3) is 0 Å². The number of hydrogen-bond acceptors (Lipinski definition) is 4. The molecule has 0 radical (unpaired) electrons. The number of para-hydroxylation sites is 1. The summed E-state index contributed by atoms with van der Waals surface area (Å²) in [6.07, 6.45) is 1.28. The average molecular weight is 300 g/mol. The molecule has 0 fully saturated rings. The molecule has 3 aromatic rings. The van der Waals surface area contributed by atoms with Crippen molar-refractivity contribution in [3.63, 3.8) is 0 Å². The molecule has 1 aromatic carbocycles. The minimum Gasteiger partial charge on any atom is -0.476 e. The van der Waals surface area contributed by atoms with E-state index >= 15 is 0 Å². The van der Waals surface area contributed by atoms with E-state index in [0.29, 0.717) is 5.69 Å². The smallest absolute Gasteiger partial charge is 0.356 e. The summed E-state index contributed by atoms with van der Waals surface area (Å²) in [5, 5.41) is 10.1. The zero-order valence-corrected chi connectivity index (χ0v) is 11.8. The SMILES string of the molecule is Cc1cc(-c2ncc(Cl)c(C(=O)O)n2)nc2ccccc12. The Morgan fingerprint density at radius 2 is 2.00 bits per heavy atom. The van der Waals surface area contributed by atoms with E-state index in [4.69, 9.17) is 16.7 Å². The Kier molecular flexibility index (Phi) is 3.27. The minimum absolute atomic E-state index is 0.00348. The number of carbonyl (C=O) groups is 1. The molecule has 0 unspecified atom stereocenters. The summed E-state index contributed by atoms with van der Waals surface area (Å²) in [4.78, 5) is 23.6. The molecule has 1 N–H and O–H groups in total. The maximum atomic E-state index is 11.1. The van der Waals surface area contributed by atoms with Crippen LogP contribution in [0.25, 0.3) is 22.4 Å². The number of carboxylic acid groups (broad SMARTS) is 1. The number of aromatic nitrogens is 3. The van der Waals surface area contributed by atoms with Crippen molar-refractivity contribution < 1.29 is 9.90 Å². The molecule has 0 aliphatic heterocycles. The topological polar surface area (TPSA) is 76.0 Å². The van der Waals surface area contributed by atoms with E-state index in [-0.39, 0.29) is 16.5 Å². The number of carboxylic acids is 1.